The second-order valence-corrected chi connectivity index (χ2v) is 19.1. The molecule has 2 atom stereocenters. The van der Waals surface area contributed by atoms with Gasteiger partial charge in [0.2, 0.25) is 0 Å². The lowest BCUT2D eigenvalue weighted by Gasteiger charge is -2.53. The van der Waals surface area contributed by atoms with Gasteiger partial charge in [0.25, 0.3) is 0 Å². The Morgan fingerprint density at radius 3 is 1.86 bits per heavy atom. The van der Waals surface area contributed by atoms with Crippen LogP contribution in [-0.2, 0) is 12.0 Å². The Bertz CT molecular complexity index is 1880. The van der Waals surface area contributed by atoms with Gasteiger partial charge in [0, 0.05) is 24.7 Å². The molecule has 7 heteroatoms. The van der Waals surface area contributed by atoms with Crippen molar-refractivity contribution in [2.75, 3.05) is 6.54 Å². The van der Waals surface area contributed by atoms with E-state index in [1.165, 1.54) is 38.1 Å². The van der Waals surface area contributed by atoms with Crippen LogP contribution >= 0.6 is 0 Å². The van der Waals surface area contributed by atoms with Crippen molar-refractivity contribution in [1.29, 1.82) is 0 Å². The van der Waals surface area contributed by atoms with Crippen molar-refractivity contribution in [3.8, 4) is 11.5 Å². The van der Waals surface area contributed by atoms with Crippen LogP contribution < -0.4 is 14.8 Å². The molecule has 0 spiro atoms. The Labute approximate surface area is 289 Å². The van der Waals surface area contributed by atoms with Gasteiger partial charge in [0.1, 0.15) is 34.3 Å². The topological polar surface area (TPSA) is 32.7 Å². The first-order valence-electron chi connectivity index (χ1n) is 16.8. The van der Waals surface area contributed by atoms with E-state index in [0.29, 0.717) is 17.5 Å². The zero-order valence-corrected chi connectivity index (χ0v) is 30.0. The van der Waals surface area contributed by atoms with Crippen molar-refractivity contribution in [2.24, 2.45) is 0 Å². The minimum absolute atomic E-state index is 0.0560. The number of benzene rings is 5. The van der Waals surface area contributed by atoms with Crippen molar-refractivity contribution in [3.05, 3.63) is 155 Å². The van der Waals surface area contributed by atoms with Gasteiger partial charge in [-0.15, -0.1) is 0 Å². The Hall–Kier alpha value is -4.33. The molecular weight excluding hydrogens is 636 g/mol. The van der Waals surface area contributed by atoms with Gasteiger partial charge in [0.05, 0.1) is 5.56 Å². The molecule has 0 bridgehead atoms. The highest BCUT2D eigenvalue weighted by Gasteiger charge is 2.54. The monoisotopic (exact) mass is 679 g/mol. The largest absolute Gasteiger partial charge is 0.534 e. The molecule has 1 heterocycles. The van der Waals surface area contributed by atoms with E-state index in [-0.39, 0.29) is 29.6 Å². The van der Waals surface area contributed by atoms with Crippen LogP contribution in [0.2, 0.25) is 5.04 Å². The summed E-state index contributed by atoms with van der Waals surface area (Å²) < 4.78 is 57.5. The first kappa shape index (κ1) is 34.5. The molecule has 6 rings (SSSR count). The predicted octanol–water partition coefficient (Wildman–Crippen LogP) is 8.90. The molecular formula is C42H44F3NO2Si. The molecule has 0 aliphatic carbocycles. The fraction of sp³-hybridized carbons (Fsp3) is 0.286. The van der Waals surface area contributed by atoms with Crippen LogP contribution in [0.1, 0.15) is 63.8 Å². The smallest absolute Gasteiger partial charge is 0.319 e. The van der Waals surface area contributed by atoms with E-state index in [2.05, 4.69) is 20.8 Å². The van der Waals surface area contributed by atoms with Gasteiger partial charge in [-0.1, -0.05) is 118 Å². The average molecular weight is 680 g/mol. The summed E-state index contributed by atoms with van der Waals surface area (Å²) in [5.41, 5.74) is -1.58. The first-order valence-corrected chi connectivity index (χ1v) is 18.7. The first-order chi connectivity index (χ1) is 23.2. The summed E-state index contributed by atoms with van der Waals surface area (Å²) in [7, 11) is -3.22. The van der Waals surface area contributed by atoms with Gasteiger partial charge in [-0.25, -0.2) is 13.2 Å². The van der Waals surface area contributed by atoms with Crippen LogP contribution in [0.3, 0.4) is 0 Å². The van der Waals surface area contributed by atoms with Crippen LogP contribution in [0.5, 0.6) is 11.5 Å². The summed E-state index contributed by atoms with van der Waals surface area (Å²) in [6.45, 7) is 11.1. The number of nitrogens with zero attached hydrogens (tertiary/aromatic N) is 1. The number of phenolic OH excluding ortho intramolecular Hbond substituents is 1. The molecule has 1 N–H and O–H groups in total. The van der Waals surface area contributed by atoms with Crippen molar-refractivity contribution in [2.45, 2.75) is 70.3 Å². The maximum Gasteiger partial charge on any atom is 0.319 e. The molecule has 1 aliphatic heterocycles. The number of fused-ring (bicyclic) bond motifs is 1. The van der Waals surface area contributed by atoms with E-state index in [0.717, 1.165) is 15.9 Å². The minimum Gasteiger partial charge on any atom is -0.534 e. The molecule has 1 aliphatic rings. The number of phenols is 1. The lowest BCUT2D eigenvalue weighted by molar-refractivity contribution is 0.0279. The molecule has 0 fully saturated rings. The maximum atomic E-state index is 17.3. The average Bonchev–Trinajstić information content (AvgIpc) is 3.04. The summed E-state index contributed by atoms with van der Waals surface area (Å²) >= 11 is 0. The van der Waals surface area contributed by atoms with Crippen LogP contribution in [0.15, 0.2) is 121 Å². The fourth-order valence-electron chi connectivity index (χ4n) is 7.90. The molecule has 49 heavy (non-hydrogen) atoms. The van der Waals surface area contributed by atoms with E-state index < -0.39 is 36.2 Å². The number of hydrogen-bond donors (Lipinski definition) is 1. The number of rotatable bonds is 8. The van der Waals surface area contributed by atoms with Gasteiger partial charge in [-0.3, -0.25) is 4.90 Å². The predicted molar refractivity (Wildman–Crippen MR) is 194 cm³/mol. The van der Waals surface area contributed by atoms with E-state index in [9.17, 15) is 5.11 Å². The summed E-state index contributed by atoms with van der Waals surface area (Å²) in [4.78, 5) is 1.86. The van der Waals surface area contributed by atoms with Crippen LogP contribution in [0.25, 0.3) is 0 Å². The molecule has 5 aromatic carbocycles. The highest BCUT2D eigenvalue weighted by molar-refractivity contribution is 7.00. The van der Waals surface area contributed by atoms with Gasteiger partial charge in [-0.2, -0.15) is 0 Å². The number of halogens is 3. The van der Waals surface area contributed by atoms with Crippen molar-refractivity contribution in [3.63, 3.8) is 0 Å². The molecule has 5 aromatic rings. The maximum absolute atomic E-state index is 17.3. The molecule has 0 saturated carbocycles. The molecule has 0 saturated heterocycles. The summed E-state index contributed by atoms with van der Waals surface area (Å²) in [5, 5.41) is 12.3. The lowest BCUT2D eigenvalue weighted by atomic mass is 9.69. The van der Waals surface area contributed by atoms with E-state index in [4.69, 9.17) is 4.43 Å². The second-order valence-electron chi connectivity index (χ2n) is 14.8. The van der Waals surface area contributed by atoms with Crippen molar-refractivity contribution >= 4 is 18.7 Å². The molecule has 254 valence electrons. The molecule has 3 nitrogen and oxygen atoms in total. The molecule has 0 unspecified atom stereocenters. The summed E-state index contributed by atoms with van der Waals surface area (Å²) in [6, 6.07) is 36.1. The summed E-state index contributed by atoms with van der Waals surface area (Å²) in [6.07, 6.45) is 0.561. The Kier molecular flexibility index (Phi) is 9.05. The Balaban J connectivity index is 1.64. The number of aromatic hydroxyl groups is 1. The van der Waals surface area contributed by atoms with Crippen molar-refractivity contribution in [1.82, 2.24) is 4.90 Å². The van der Waals surface area contributed by atoms with E-state index in [1.54, 1.807) is 12.1 Å². The van der Waals surface area contributed by atoms with Gasteiger partial charge >= 0.3 is 8.32 Å². The Morgan fingerprint density at radius 1 is 0.776 bits per heavy atom. The molecule has 0 aromatic heterocycles. The van der Waals surface area contributed by atoms with Crippen LogP contribution in [-0.4, -0.2) is 36.6 Å². The van der Waals surface area contributed by atoms with Crippen molar-refractivity contribution < 1.29 is 22.7 Å². The number of alkyl halides is 1. The highest BCUT2D eigenvalue weighted by atomic mass is 28.4. The third-order valence-corrected chi connectivity index (χ3v) is 14.7. The van der Waals surface area contributed by atoms with Crippen LogP contribution in [0, 0.1) is 11.6 Å². The third kappa shape index (κ3) is 6.08. The van der Waals surface area contributed by atoms with E-state index >= 15 is 13.2 Å². The zero-order valence-electron chi connectivity index (χ0n) is 29.0. The van der Waals surface area contributed by atoms with Gasteiger partial charge in [0.15, 0.2) is 0 Å². The fourth-order valence-corrected chi connectivity index (χ4v) is 12.3. The second kappa shape index (κ2) is 12.8. The van der Waals surface area contributed by atoms with E-state index in [1.807, 2.05) is 96.8 Å². The van der Waals surface area contributed by atoms with Crippen LogP contribution in [0.4, 0.5) is 13.2 Å². The lowest BCUT2D eigenvalue weighted by Crippen LogP contribution is -2.68. The quantitative estimate of drug-likeness (QED) is 0.166. The third-order valence-electron chi connectivity index (χ3n) is 9.76. The SMILES string of the molecule is C[C@@H]1Cc2ccccc2[C@@](c2cccc(O)c2)(c2c(F)cc(O[Si](c3ccccc3)(c3ccccc3)C(C)(C)C)cc2F)N1CC(C)(C)F. The number of hydrogen-bond acceptors (Lipinski definition) is 3. The zero-order chi connectivity index (χ0) is 35.2. The summed E-state index contributed by atoms with van der Waals surface area (Å²) in [5.74, 6) is -1.61. The molecule has 0 radical (unpaired) electrons. The standard InChI is InChI=1S/C42H44F3NO2Si/c1-29-24-30-16-13-14-23-36(30)42(46(29)28-41(5,6)45,31-17-15-18-32(47)25-31)39-37(43)26-33(27-38(39)44)48-49(40(2,3)4,34-19-9-7-10-20-34)35-21-11-8-12-22-35/h7-23,25-27,29,47H,24,28H2,1-6H3/t29-,42+/m1/s1. The minimum atomic E-state index is -3.22. The normalized spacial score (nSPS) is 18.6. The molecule has 0 amide bonds. The van der Waals surface area contributed by atoms with Gasteiger partial charge in [-0.05, 0) is 71.4 Å². The highest BCUT2D eigenvalue weighted by Crippen LogP contribution is 2.51. The Morgan fingerprint density at radius 2 is 1.33 bits per heavy atom. The van der Waals surface area contributed by atoms with Gasteiger partial charge < -0.3 is 9.53 Å².